The number of aliphatic hydroxyl groups excluding tert-OH is 1. The molecule has 2 heterocycles. The number of carbonyl (C=O) groups excluding carboxylic acids is 1. The second-order valence-corrected chi connectivity index (χ2v) is 5.85. The second-order valence-electron chi connectivity index (χ2n) is 5.44. The third-order valence-corrected chi connectivity index (χ3v) is 3.98. The number of rotatable bonds is 1. The number of halogens is 1. The van der Waals surface area contributed by atoms with Crippen molar-refractivity contribution in [2.75, 3.05) is 23.3 Å². The van der Waals surface area contributed by atoms with E-state index in [9.17, 15) is 9.90 Å². The summed E-state index contributed by atoms with van der Waals surface area (Å²) in [5, 5.41) is 13.0. The molecule has 1 aromatic carbocycles. The van der Waals surface area contributed by atoms with Crippen molar-refractivity contribution in [2.45, 2.75) is 32.2 Å². The molecule has 20 heavy (non-hydrogen) atoms. The van der Waals surface area contributed by atoms with Gasteiger partial charge in [-0.05, 0) is 26.0 Å². The third kappa shape index (κ3) is 2.26. The lowest BCUT2D eigenvalue weighted by Crippen LogP contribution is -2.45. The van der Waals surface area contributed by atoms with Crippen LogP contribution in [0, 0.1) is 0 Å². The number of hydrogen-bond donors (Lipinski definition) is 2. The molecule has 0 aliphatic carbocycles. The number of nitrogens with one attached hydrogen (secondary N) is 1. The summed E-state index contributed by atoms with van der Waals surface area (Å²) in [5.74, 6) is -0.406. The Morgan fingerprint density at radius 1 is 1.35 bits per heavy atom. The van der Waals surface area contributed by atoms with Crippen molar-refractivity contribution in [3.8, 4) is 0 Å². The molecule has 1 amide bonds. The summed E-state index contributed by atoms with van der Waals surface area (Å²) in [4.78, 5) is 13.6. The molecule has 0 aromatic heterocycles. The molecule has 6 heteroatoms. The minimum atomic E-state index is -1.13. The number of nitrogens with zero attached hydrogens (tertiary/aromatic N) is 1. The highest BCUT2D eigenvalue weighted by molar-refractivity contribution is 6.33. The van der Waals surface area contributed by atoms with Crippen LogP contribution in [0.2, 0.25) is 5.02 Å². The highest BCUT2D eigenvalue weighted by atomic mass is 35.5. The quantitative estimate of drug-likeness (QED) is 0.831. The van der Waals surface area contributed by atoms with E-state index in [1.54, 1.807) is 6.07 Å². The van der Waals surface area contributed by atoms with Crippen LogP contribution < -0.4 is 10.2 Å². The van der Waals surface area contributed by atoms with Crippen LogP contribution in [-0.2, 0) is 9.53 Å². The zero-order chi connectivity index (χ0) is 14.4. The molecular weight excluding hydrogens is 280 g/mol. The first-order chi connectivity index (χ1) is 9.45. The van der Waals surface area contributed by atoms with Gasteiger partial charge >= 0.3 is 0 Å². The van der Waals surface area contributed by atoms with E-state index in [1.165, 1.54) is 0 Å². The average Bonchev–Trinajstić information content (AvgIpc) is 2.63. The summed E-state index contributed by atoms with van der Waals surface area (Å²) >= 11 is 6.32. The maximum Gasteiger partial charge on any atom is 0.257 e. The van der Waals surface area contributed by atoms with Crippen molar-refractivity contribution < 1.29 is 14.6 Å². The van der Waals surface area contributed by atoms with Crippen molar-refractivity contribution in [2.24, 2.45) is 0 Å². The van der Waals surface area contributed by atoms with E-state index in [2.05, 4.69) is 10.2 Å². The van der Waals surface area contributed by atoms with Crippen LogP contribution in [0.25, 0.3) is 0 Å². The Morgan fingerprint density at radius 3 is 2.65 bits per heavy atom. The summed E-state index contributed by atoms with van der Waals surface area (Å²) in [6.07, 6.45) is -0.870. The molecule has 5 nitrogen and oxygen atoms in total. The Kier molecular flexibility index (Phi) is 3.36. The van der Waals surface area contributed by atoms with Crippen LogP contribution >= 0.6 is 11.6 Å². The number of aliphatic hydroxyl groups is 1. The molecule has 3 rings (SSSR count). The lowest BCUT2D eigenvalue weighted by atomic mass is 10.1. The molecule has 1 saturated heterocycles. The normalized spacial score (nSPS) is 29.3. The van der Waals surface area contributed by atoms with Gasteiger partial charge in [-0.15, -0.1) is 0 Å². The number of hydrogen-bond acceptors (Lipinski definition) is 4. The highest BCUT2D eigenvalue weighted by Gasteiger charge is 2.31. The van der Waals surface area contributed by atoms with Crippen LogP contribution in [0.3, 0.4) is 0 Å². The third-order valence-electron chi connectivity index (χ3n) is 3.68. The van der Waals surface area contributed by atoms with Gasteiger partial charge in [-0.3, -0.25) is 4.79 Å². The second kappa shape index (κ2) is 4.91. The van der Waals surface area contributed by atoms with Crippen molar-refractivity contribution >= 4 is 28.9 Å². The molecule has 108 valence electrons. The molecule has 0 saturated carbocycles. The first-order valence-corrected chi connectivity index (χ1v) is 7.06. The lowest BCUT2D eigenvalue weighted by Gasteiger charge is -2.37. The van der Waals surface area contributed by atoms with Crippen LogP contribution in [0.1, 0.15) is 25.5 Å². The monoisotopic (exact) mass is 296 g/mol. The van der Waals surface area contributed by atoms with E-state index in [0.717, 1.165) is 18.8 Å². The van der Waals surface area contributed by atoms with Crippen LogP contribution in [0.15, 0.2) is 12.1 Å². The fourth-order valence-electron chi connectivity index (χ4n) is 2.87. The van der Waals surface area contributed by atoms with Crippen molar-refractivity contribution in [1.82, 2.24) is 0 Å². The molecular formula is C14H17ClN2O3. The Balaban J connectivity index is 1.95. The van der Waals surface area contributed by atoms with Gasteiger partial charge < -0.3 is 20.1 Å². The molecule has 2 N–H and O–H groups in total. The summed E-state index contributed by atoms with van der Waals surface area (Å²) in [6.45, 7) is 5.55. The van der Waals surface area contributed by atoms with Gasteiger partial charge in [0.05, 0.1) is 22.9 Å². The predicted octanol–water partition coefficient (Wildman–Crippen LogP) is 1.94. The summed E-state index contributed by atoms with van der Waals surface area (Å²) in [5.41, 5.74) is 2.04. The number of ether oxygens (including phenoxy) is 1. The zero-order valence-corrected chi connectivity index (χ0v) is 12.1. The number of fused-ring (bicyclic) bond motifs is 1. The van der Waals surface area contributed by atoms with E-state index in [4.69, 9.17) is 16.3 Å². The van der Waals surface area contributed by atoms with Gasteiger partial charge in [0.25, 0.3) is 5.91 Å². The van der Waals surface area contributed by atoms with E-state index >= 15 is 0 Å². The molecule has 0 spiro atoms. The molecule has 1 fully saturated rings. The van der Waals surface area contributed by atoms with Crippen molar-refractivity contribution in [3.63, 3.8) is 0 Å². The molecule has 2 aliphatic heterocycles. The van der Waals surface area contributed by atoms with Gasteiger partial charge in [0.15, 0.2) is 6.10 Å². The van der Waals surface area contributed by atoms with E-state index < -0.39 is 12.0 Å². The fraction of sp³-hybridized carbons (Fsp3) is 0.500. The van der Waals surface area contributed by atoms with Crippen LogP contribution in [0.4, 0.5) is 11.4 Å². The van der Waals surface area contributed by atoms with Crippen LogP contribution in [-0.4, -0.2) is 36.3 Å². The number of morpholine rings is 1. The average molecular weight is 297 g/mol. The molecule has 0 bridgehead atoms. The number of carbonyl (C=O) groups is 1. The molecule has 3 atom stereocenters. The van der Waals surface area contributed by atoms with E-state index in [0.29, 0.717) is 16.3 Å². The van der Waals surface area contributed by atoms with Gasteiger partial charge in [0, 0.05) is 24.3 Å². The lowest BCUT2D eigenvalue weighted by molar-refractivity contribution is -0.123. The minimum Gasteiger partial charge on any atom is -0.378 e. The van der Waals surface area contributed by atoms with Crippen molar-refractivity contribution in [1.29, 1.82) is 0 Å². The van der Waals surface area contributed by atoms with Gasteiger partial charge in [0.1, 0.15) is 0 Å². The zero-order valence-electron chi connectivity index (χ0n) is 11.4. The number of amides is 1. The van der Waals surface area contributed by atoms with Crippen LogP contribution in [0.5, 0.6) is 0 Å². The molecule has 0 radical (unpaired) electrons. The Morgan fingerprint density at radius 2 is 2.00 bits per heavy atom. The number of benzene rings is 1. The Bertz CT molecular complexity index is 554. The van der Waals surface area contributed by atoms with E-state index in [1.807, 2.05) is 19.9 Å². The fourth-order valence-corrected chi connectivity index (χ4v) is 3.16. The predicted molar refractivity (Wildman–Crippen MR) is 77.3 cm³/mol. The van der Waals surface area contributed by atoms with Crippen molar-refractivity contribution in [3.05, 3.63) is 22.7 Å². The summed E-state index contributed by atoms with van der Waals surface area (Å²) in [7, 11) is 0. The largest absolute Gasteiger partial charge is 0.378 e. The smallest absolute Gasteiger partial charge is 0.257 e. The Labute approximate surface area is 122 Å². The first-order valence-electron chi connectivity index (χ1n) is 6.68. The summed E-state index contributed by atoms with van der Waals surface area (Å²) < 4.78 is 5.71. The van der Waals surface area contributed by atoms with Gasteiger partial charge in [0.2, 0.25) is 0 Å². The SMILES string of the molecule is C[C@@H]1CN(c2cc3c(cc2Cl)C(O)C(=O)N3)C[C@H](C)O1. The maximum absolute atomic E-state index is 11.5. The minimum absolute atomic E-state index is 0.128. The summed E-state index contributed by atoms with van der Waals surface area (Å²) in [6, 6.07) is 3.50. The van der Waals surface area contributed by atoms with E-state index in [-0.39, 0.29) is 12.2 Å². The first kappa shape index (κ1) is 13.7. The molecule has 1 unspecified atom stereocenters. The number of anilines is 2. The standard InChI is InChI=1S/C14H17ClN2O3/c1-7-5-17(6-8(2)20-7)12-4-11-9(3-10(12)15)13(18)14(19)16-11/h3-4,7-8,13,18H,5-6H2,1-2H3,(H,16,19)/t7-,8+,13?. The highest BCUT2D eigenvalue weighted by Crippen LogP contribution is 2.39. The maximum atomic E-state index is 11.5. The topological polar surface area (TPSA) is 61.8 Å². The van der Waals surface area contributed by atoms with Gasteiger partial charge in [-0.1, -0.05) is 11.6 Å². The Hall–Kier alpha value is -1.30. The van der Waals surface area contributed by atoms with Gasteiger partial charge in [-0.2, -0.15) is 0 Å². The molecule has 2 aliphatic rings. The molecule has 1 aromatic rings. The van der Waals surface area contributed by atoms with Gasteiger partial charge in [-0.25, -0.2) is 0 Å².